The minimum absolute atomic E-state index is 0. The summed E-state index contributed by atoms with van der Waals surface area (Å²) in [6, 6.07) is 3.12. The van der Waals surface area contributed by atoms with Crippen LogP contribution >= 0.6 is 12.4 Å². The maximum absolute atomic E-state index is 11.0. The van der Waals surface area contributed by atoms with E-state index in [0.29, 0.717) is 17.1 Å². The lowest BCUT2D eigenvalue weighted by atomic mass is 9.96. The van der Waals surface area contributed by atoms with E-state index in [2.05, 4.69) is 5.32 Å². The summed E-state index contributed by atoms with van der Waals surface area (Å²) in [4.78, 5) is 10.6. The minimum Gasteiger partial charge on any atom is -0.493 e. The quantitative estimate of drug-likeness (QED) is 0.672. The van der Waals surface area contributed by atoms with Crippen molar-refractivity contribution >= 4 is 18.1 Å². The Morgan fingerprint density at radius 3 is 2.28 bits per heavy atom. The molecule has 6 nitrogen and oxygen atoms in total. The fraction of sp³-hybridized carbons (Fsp3) is 0.455. The second kappa shape index (κ2) is 5.88. The number of hydrogen-bond acceptors (Lipinski definition) is 5. The van der Waals surface area contributed by atoms with Crippen molar-refractivity contribution in [3.05, 3.63) is 27.8 Å². The molecule has 0 amide bonds. The number of nitro benzene ring substituents is 1. The standard InChI is InChI=1S/C11H14N2O4.ClH/c1-16-10-5-7(8-3-4-12-8)9(13(14)15)6-11(10)17-2;/h5-6,8,12H,3-4H2,1-2H3;1H/t8-;/m1./s1. The predicted molar refractivity (Wildman–Crippen MR) is 68.8 cm³/mol. The van der Waals surface area contributed by atoms with Crippen LogP contribution in [0.5, 0.6) is 11.5 Å². The van der Waals surface area contributed by atoms with Crippen molar-refractivity contribution < 1.29 is 14.4 Å². The first-order valence-electron chi connectivity index (χ1n) is 5.31. The van der Waals surface area contributed by atoms with Gasteiger partial charge >= 0.3 is 0 Å². The van der Waals surface area contributed by atoms with Gasteiger partial charge in [-0.25, -0.2) is 0 Å². The van der Waals surface area contributed by atoms with E-state index in [1.807, 2.05) is 0 Å². The molecule has 0 aliphatic carbocycles. The summed E-state index contributed by atoms with van der Waals surface area (Å²) in [6.45, 7) is 0.885. The molecule has 0 unspecified atom stereocenters. The molecule has 1 atom stereocenters. The number of nitrogens with zero attached hydrogens (tertiary/aromatic N) is 1. The van der Waals surface area contributed by atoms with Crippen LogP contribution in [0, 0.1) is 10.1 Å². The van der Waals surface area contributed by atoms with Crippen LogP contribution in [0.1, 0.15) is 18.0 Å². The van der Waals surface area contributed by atoms with E-state index >= 15 is 0 Å². The summed E-state index contributed by atoms with van der Waals surface area (Å²) in [6.07, 6.45) is 0.899. The van der Waals surface area contributed by atoms with Gasteiger partial charge in [-0.2, -0.15) is 0 Å². The minimum atomic E-state index is -0.392. The second-order valence-electron chi connectivity index (χ2n) is 3.82. The summed E-state index contributed by atoms with van der Waals surface area (Å²) in [5, 5.41) is 14.2. The molecule has 0 saturated carbocycles. The molecular formula is C11H15ClN2O4. The van der Waals surface area contributed by atoms with E-state index in [9.17, 15) is 10.1 Å². The van der Waals surface area contributed by atoms with Crippen molar-refractivity contribution in [2.45, 2.75) is 12.5 Å². The first kappa shape index (κ1) is 14.5. The molecule has 1 saturated heterocycles. The molecule has 1 aromatic carbocycles. The first-order chi connectivity index (χ1) is 8.17. The molecule has 1 aliphatic heterocycles. The first-order valence-corrected chi connectivity index (χ1v) is 5.31. The predicted octanol–water partition coefficient (Wildman–Crippen LogP) is 2.07. The Labute approximate surface area is 111 Å². The van der Waals surface area contributed by atoms with E-state index in [1.165, 1.54) is 20.3 Å². The number of halogens is 1. The molecule has 7 heteroatoms. The average molecular weight is 275 g/mol. The molecule has 0 radical (unpaired) electrons. The van der Waals surface area contributed by atoms with E-state index in [0.717, 1.165) is 13.0 Å². The number of benzene rings is 1. The fourth-order valence-electron chi connectivity index (χ4n) is 1.88. The van der Waals surface area contributed by atoms with Gasteiger partial charge in [-0.15, -0.1) is 12.4 Å². The number of rotatable bonds is 4. The van der Waals surface area contributed by atoms with E-state index in [4.69, 9.17) is 9.47 Å². The maximum atomic E-state index is 11.0. The Hall–Kier alpha value is -1.53. The summed E-state index contributed by atoms with van der Waals surface area (Å²) >= 11 is 0. The monoisotopic (exact) mass is 274 g/mol. The van der Waals surface area contributed by atoms with E-state index < -0.39 is 4.92 Å². The zero-order valence-electron chi connectivity index (χ0n) is 10.1. The van der Waals surface area contributed by atoms with Gasteiger partial charge in [0.05, 0.1) is 30.8 Å². The van der Waals surface area contributed by atoms with Crippen LogP contribution in [0.3, 0.4) is 0 Å². The average Bonchev–Trinajstić information content (AvgIpc) is 2.25. The lowest BCUT2D eigenvalue weighted by Crippen LogP contribution is -2.35. The van der Waals surface area contributed by atoms with E-state index in [-0.39, 0.29) is 24.1 Å². The molecule has 18 heavy (non-hydrogen) atoms. The third-order valence-electron chi connectivity index (χ3n) is 2.93. The lowest BCUT2D eigenvalue weighted by molar-refractivity contribution is -0.386. The molecular weight excluding hydrogens is 260 g/mol. The highest BCUT2D eigenvalue weighted by Gasteiger charge is 2.28. The summed E-state index contributed by atoms with van der Waals surface area (Å²) in [5.74, 6) is 0.893. The van der Waals surface area contributed by atoms with Crippen LogP contribution in [0.15, 0.2) is 12.1 Å². The van der Waals surface area contributed by atoms with Crippen LogP contribution in [0.2, 0.25) is 0 Å². The lowest BCUT2D eigenvalue weighted by Gasteiger charge is -2.28. The zero-order chi connectivity index (χ0) is 12.4. The van der Waals surface area contributed by atoms with Gasteiger partial charge in [0.25, 0.3) is 5.69 Å². The number of methoxy groups -OCH3 is 2. The van der Waals surface area contributed by atoms with Crippen molar-refractivity contribution in [1.82, 2.24) is 5.32 Å². The van der Waals surface area contributed by atoms with Gasteiger partial charge in [0.15, 0.2) is 11.5 Å². The Morgan fingerprint density at radius 2 is 1.89 bits per heavy atom. The number of nitrogens with one attached hydrogen (secondary N) is 1. The third kappa shape index (κ3) is 2.49. The molecule has 1 aromatic rings. The SMILES string of the molecule is COc1cc([C@H]2CCN2)c([N+](=O)[O-])cc1OC.Cl. The topological polar surface area (TPSA) is 73.6 Å². The van der Waals surface area contributed by atoms with Gasteiger partial charge < -0.3 is 14.8 Å². The van der Waals surface area contributed by atoms with Crippen LogP contribution < -0.4 is 14.8 Å². The van der Waals surface area contributed by atoms with Gasteiger partial charge in [-0.05, 0) is 19.0 Å². The van der Waals surface area contributed by atoms with Gasteiger partial charge in [0.1, 0.15) is 0 Å². The molecule has 2 rings (SSSR count). The number of ether oxygens (including phenoxy) is 2. The highest BCUT2D eigenvalue weighted by molar-refractivity contribution is 5.85. The fourth-order valence-corrected chi connectivity index (χ4v) is 1.88. The second-order valence-corrected chi connectivity index (χ2v) is 3.82. The molecule has 1 fully saturated rings. The normalized spacial score (nSPS) is 17.3. The largest absolute Gasteiger partial charge is 0.493 e. The Bertz CT molecular complexity index is 449. The smallest absolute Gasteiger partial charge is 0.278 e. The molecule has 100 valence electrons. The molecule has 0 aromatic heterocycles. The van der Waals surface area contributed by atoms with Crippen LogP contribution in [0.4, 0.5) is 5.69 Å². The Balaban J connectivity index is 0.00000162. The van der Waals surface area contributed by atoms with Gasteiger partial charge in [-0.1, -0.05) is 0 Å². The van der Waals surface area contributed by atoms with Gasteiger partial charge in [-0.3, -0.25) is 10.1 Å². The summed E-state index contributed by atoms with van der Waals surface area (Å²) in [7, 11) is 2.98. The molecule has 0 bridgehead atoms. The van der Waals surface area contributed by atoms with Crippen LogP contribution in [0.25, 0.3) is 0 Å². The maximum Gasteiger partial charge on any atom is 0.278 e. The highest BCUT2D eigenvalue weighted by atomic mass is 35.5. The zero-order valence-corrected chi connectivity index (χ0v) is 11.0. The van der Waals surface area contributed by atoms with Crippen LogP contribution in [-0.4, -0.2) is 25.7 Å². The van der Waals surface area contributed by atoms with Gasteiger partial charge in [0.2, 0.25) is 0 Å². The van der Waals surface area contributed by atoms with Crippen molar-refractivity contribution in [3.63, 3.8) is 0 Å². The van der Waals surface area contributed by atoms with Crippen molar-refractivity contribution in [2.24, 2.45) is 0 Å². The summed E-state index contributed by atoms with van der Waals surface area (Å²) in [5.41, 5.74) is 0.721. The third-order valence-corrected chi connectivity index (χ3v) is 2.93. The number of nitro groups is 1. The Kier molecular flexibility index (Phi) is 4.75. The number of hydrogen-bond donors (Lipinski definition) is 1. The van der Waals surface area contributed by atoms with E-state index in [1.54, 1.807) is 6.07 Å². The Morgan fingerprint density at radius 1 is 1.33 bits per heavy atom. The highest BCUT2D eigenvalue weighted by Crippen LogP contribution is 2.39. The van der Waals surface area contributed by atoms with Crippen molar-refractivity contribution in [3.8, 4) is 11.5 Å². The summed E-state index contributed by atoms with van der Waals surface area (Å²) < 4.78 is 10.2. The molecule has 0 spiro atoms. The van der Waals surface area contributed by atoms with Gasteiger partial charge in [0, 0.05) is 6.04 Å². The van der Waals surface area contributed by atoms with Crippen molar-refractivity contribution in [1.29, 1.82) is 0 Å². The molecule has 1 heterocycles. The van der Waals surface area contributed by atoms with Crippen molar-refractivity contribution in [2.75, 3.05) is 20.8 Å². The van der Waals surface area contributed by atoms with Crippen LogP contribution in [-0.2, 0) is 0 Å². The molecule has 1 aliphatic rings. The molecule has 1 N–H and O–H groups in total.